The average Bonchev–Trinajstić information content (AvgIpc) is 3.02. The molecule has 2 saturated heterocycles. The van der Waals surface area contributed by atoms with Crippen molar-refractivity contribution >= 4 is 25.8 Å². The fraction of sp³-hybridized carbons (Fsp3) is 0.462. The van der Waals surface area contributed by atoms with Gasteiger partial charge in [-0.1, -0.05) is 0 Å². The maximum absolute atomic E-state index is 12.7. The van der Waals surface area contributed by atoms with Crippen molar-refractivity contribution in [3.05, 3.63) is 23.8 Å². The monoisotopic (exact) mass is 360 g/mol. The van der Waals surface area contributed by atoms with Crippen LogP contribution in [0.15, 0.2) is 23.1 Å². The number of nitrogens with two attached hydrogens (primary N) is 1. The third kappa shape index (κ3) is 2.50. The summed E-state index contributed by atoms with van der Waals surface area (Å²) in [5.74, 6) is -0.776. The Morgan fingerprint density at radius 2 is 2.09 bits per heavy atom. The fourth-order valence-electron chi connectivity index (χ4n) is 3.13. The molecule has 2 unspecified atom stereocenters. The zero-order valence-corrected chi connectivity index (χ0v) is 13.9. The van der Waals surface area contributed by atoms with Gasteiger partial charge in [-0.15, -0.1) is 0 Å². The summed E-state index contributed by atoms with van der Waals surface area (Å²) in [6, 6.07) is 3.30. The number of hydrogen-bond acceptors (Lipinski definition) is 6. The molecule has 126 valence electrons. The second kappa shape index (κ2) is 5.18. The predicted molar refractivity (Wildman–Crippen MR) is 81.4 cm³/mol. The van der Waals surface area contributed by atoms with E-state index < -0.39 is 37.1 Å². The van der Waals surface area contributed by atoms with Gasteiger partial charge in [0.15, 0.2) is 9.84 Å². The molecular weight excluding hydrogens is 344 g/mol. The van der Waals surface area contributed by atoms with E-state index in [1.54, 1.807) is 0 Å². The van der Waals surface area contributed by atoms with Crippen LogP contribution in [0.5, 0.6) is 5.75 Å². The molecule has 23 heavy (non-hydrogen) atoms. The number of amides is 1. The zero-order valence-electron chi connectivity index (χ0n) is 12.3. The quantitative estimate of drug-likeness (QED) is 0.761. The molecule has 2 bridgehead atoms. The highest BCUT2D eigenvalue weighted by Gasteiger charge is 2.52. The molecule has 2 aliphatic rings. The van der Waals surface area contributed by atoms with E-state index in [0.717, 1.165) is 6.07 Å². The number of nitrogens with zero attached hydrogens (tertiary/aromatic N) is 1. The van der Waals surface area contributed by atoms with Gasteiger partial charge < -0.3 is 10.5 Å². The molecule has 8 nitrogen and oxygen atoms in total. The van der Waals surface area contributed by atoms with Gasteiger partial charge in [-0.2, -0.15) is 4.31 Å². The molecule has 0 saturated carbocycles. The van der Waals surface area contributed by atoms with Crippen LogP contribution in [0, 0.1) is 0 Å². The lowest BCUT2D eigenvalue weighted by atomic mass is 10.2. The first-order valence-electron chi connectivity index (χ1n) is 6.88. The van der Waals surface area contributed by atoms with Crippen molar-refractivity contribution in [1.82, 2.24) is 4.31 Å². The Hall–Kier alpha value is -1.65. The zero-order chi connectivity index (χ0) is 17.0. The second-order valence-electron chi connectivity index (χ2n) is 5.64. The summed E-state index contributed by atoms with van der Waals surface area (Å²) in [6.07, 6.45) is 0.320. The summed E-state index contributed by atoms with van der Waals surface area (Å²) in [4.78, 5) is 11.3. The minimum atomic E-state index is -3.90. The first-order chi connectivity index (χ1) is 10.7. The summed E-state index contributed by atoms with van der Waals surface area (Å²) in [5.41, 5.74) is 5.21. The minimum absolute atomic E-state index is 0.0365. The number of rotatable bonds is 4. The Morgan fingerprint density at radius 1 is 1.39 bits per heavy atom. The highest BCUT2D eigenvalue weighted by molar-refractivity contribution is 7.93. The summed E-state index contributed by atoms with van der Waals surface area (Å²) in [5, 5.41) is -0.642. The molecule has 2 N–H and O–H groups in total. The number of methoxy groups -OCH3 is 1. The van der Waals surface area contributed by atoms with Crippen molar-refractivity contribution in [2.45, 2.75) is 22.6 Å². The molecule has 2 aliphatic heterocycles. The smallest absolute Gasteiger partial charge is 0.252 e. The van der Waals surface area contributed by atoms with Crippen molar-refractivity contribution in [2.75, 3.05) is 19.4 Å². The number of benzene rings is 1. The van der Waals surface area contributed by atoms with E-state index in [4.69, 9.17) is 10.5 Å². The van der Waals surface area contributed by atoms with E-state index in [-0.39, 0.29) is 28.5 Å². The Balaban J connectivity index is 1.99. The Kier molecular flexibility index (Phi) is 3.65. The van der Waals surface area contributed by atoms with Crippen LogP contribution in [0.1, 0.15) is 16.8 Å². The van der Waals surface area contributed by atoms with Crippen LogP contribution in [0.25, 0.3) is 0 Å². The molecular formula is C13H16N2O6S2. The van der Waals surface area contributed by atoms with Gasteiger partial charge in [0.05, 0.1) is 28.6 Å². The molecule has 1 aromatic rings. The molecule has 1 amide bonds. The van der Waals surface area contributed by atoms with E-state index in [2.05, 4.69) is 0 Å². The summed E-state index contributed by atoms with van der Waals surface area (Å²) < 4.78 is 55.2. The maximum Gasteiger partial charge on any atom is 0.252 e. The number of carbonyl (C=O) groups is 1. The third-order valence-corrected chi connectivity index (χ3v) is 8.42. The molecule has 0 aliphatic carbocycles. The van der Waals surface area contributed by atoms with Gasteiger partial charge in [-0.25, -0.2) is 16.8 Å². The van der Waals surface area contributed by atoms with E-state index in [1.807, 2.05) is 0 Å². The average molecular weight is 360 g/mol. The van der Waals surface area contributed by atoms with E-state index >= 15 is 0 Å². The summed E-state index contributed by atoms with van der Waals surface area (Å²) >= 11 is 0. The lowest BCUT2D eigenvalue weighted by molar-refractivity contribution is 0.0997. The fourth-order valence-corrected chi connectivity index (χ4v) is 7.05. The van der Waals surface area contributed by atoms with Crippen molar-refractivity contribution in [3.8, 4) is 5.75 Å². The predicted octanol–water partition coefficient (Wildman–Crippen LogP) is -0.646. The lowest BCUT2D eigenvalue weighted by Crippen LogP contribution is -2.44. The number of carbonyl (C=O) groups excluding carboxylic acids is 1. The van der Waals surface area contributed by atoms with Crippen molar-refractivity contribution in [1.29, 1.82) is 0 Å². The number of primary amides is 1. The number of ether oxygens (including phenoxy) is 1. The van der Waals surface area contributed by atoms with Crippen LogP contribution >= 0.6 is 0 Å². The van der Waals surface area contributed by atoms with E-state index in [9.17, 15) is 21.6 Å². The van der Waals surface area contributed by atoms with Gasteiger partial charge >= 0.3 is 0 Å². The van der Waals surface area contributed by atoms with Crippen molar-refractivity contribution in [2.24, 2.45) is 5.73 Å². The van der Waals surface area contributed by atoms with Gasteiger partial charge in [0.2, 0.25) is 10.0 Å². The van der Waals surface area contributed by atoms with Crippen LogP contribution in [0.2, 0.25) is 0 Å². The summed E-state index contributed by atoms with van der Waals surface area (Å²) in [7, 11) is -5.74. The molecule has 0 spiro atoms. The van der Waals surface area contributed by atoms with Gasteiger partial charge in [-0.3, -0.25) is 4.79 Å². The highest BCUT2D eigenvalue weighted by Crippen LogP contribution is 2.37. The van der Waals surface area contributed by atoms with Crippen LogP contribution in [0.3, 0.4) is 0 Å². The molecule has 2 atom stereocenters. The van der Waals surface area contributed by atoms with Gasteiger partial charge in [0.25, 0.3) is 5.91 Å². The molecule has 2 fully saturated rings. The molecule has 1 aromatic carbocycles. The first kappa shape index (κ1) is 16.2. The molecule has 0 aromatic heterocycles. The standard InChI is InChI=1S/C13H16N2O6S2/c1-21-12-3-2-9(5-11(12)13(14)16)23(19,20)15-6-10-4-8(15)7-22(10,17)18/h2-3,5,8,10H,4,6-7H2,1H3,(H2,14,16). The molecule has 10 heteroatoms. The molecule has 3 rings (SSSR count). The third-order valence-electron chi connectivity index (χ3n) is 4.30. The van der Waals surface area contributed by atoms with Crippen molar-refractivity contribution < 1.29 is 26.4 Å². The number of sulfonamides is 1. The highest BCUT2D eigenvalue weighted by atomic mass is 32.2. The molecule has 2 heterocycles. The number of sulfone groups is 1. The Labute approximate surface area is 134 Å². The minimum Gasteiger partial charge on any atom is -0.496 e. The van der Waals surface area contributed by atoms with Crippen LogP contribution in [-0.2, 0) is 19.9 Å². The topological polar surface area (TPSA) is 124 Å². The normalized spacial score (nSPS) is 26.3. The van der Waals surface area contributed by atoms with Gasteiger partial charge in [-0.05, 0) is 24.6 Å². The van der Waals surface area contributed by atoms with E-state index in [1.165, 1.54) is 23.5 Å². The number of hydrogen-bond donors (Lipinski definition) is 1. The Morgan fingerprint density at radius 3 is 2.57 bits per heavy atom. The number of fused-ring (bicyclic) bond motifs is 2. The molecule has 0 radical (unpaired) electrons. The largest absolute Gasteiger partial charge is 0.496 e. The SMILES string of the molecule is COc1ccc(S(=O)(=O)N2CC3CC2CS3(=O)=O)cc1C(N)=O. The Bertz CT molecular complexity index is 878. The van der Waals surface area contributed by atoms with Crippen LogP contribution < -0.4 is 10.5 Å². The maximum atomic E-state index is 12.7. The van der Waals surface area contributed by atoms with Gasteiger partial charge in [0.1, 0.15) is 5.75 Å². The van der Waals surface area contributed by atoms with E-state index in [0.29, 0.717) is 6.42 Å². The second-order valence-corrected chi connectivity index (χ2v) is 9.86. The van der Waals surface area contributed by atoms with Gasteiger partial charge in [0, 0.05) is 12.6 Å². The first-order valence-corrected chi connectivity index (χ1v) is 10.0. The van der Waals surface area contributed by atoms with Crippen molar-refractivity contribution in [3.63, 3.8) is 0 Å². The van der Waals surface area contributed by atoms with Crippen LogP contribution in [-0.4, -0.2) is 57.7 Å². The summed E-state index contributed by atoms with van der Waals surface area (Å²) in [6.45, 7) is -0.0483. The van der Waals surface area contributed by atoms with Crippen LogP contribution in [0.4, 0.5) is 0 Å². The lowest BCUT2D eigenvalue weighted by Gasteiger charge is -2.26.